The molecule has 128 valence electrons. The molecule has 1 aliphatic heterocycles. The molecule has 0 amide bonds. The van der Waals surface area contributed by atoms with Crippen molar-refractivity contribution in [2.75, 3.05) is 18.0 Å². The summed E-state index contributed by atoms with van der Waals surface area (Å²) in [6.45, 7) is 2.86. The molecule has 1 heterocycles. The van der Waals surface area contributed by atoms with E-state index in [1.54, 1.807) is 6.92 Å². The van der Waals surface area contributed by atoms with Gasteiger partial charge >= 0.3 is 0 Å². The van der Waals surface area contributed by atoms with Gasteiger partial charge in [0.1, 0.15) is 5.82 Å². The number of nitrogens with zero attached hydrogens (tertiary/aromatic N) is 1. The van der Waals surface area contributed by atoms with Crippen molar-refractivity contribution in [3.63, 3.8) is 0 Å². The zero-order chi connectivity index (χ0) is 17.2. The highest BCUT2D eigenvalue weighted by Gasteiger charge is 2.27. The lowest BCUT2D eigenvalue weighted by atomic mass is 10.2. The molecule has 2 aromatic rings. The van der Waals surface area contributed by atoms with Crippen LogP contribution in [0.1, 0.15) is 18.4 Å². The molecule has 2 aromatic carbocycles. The van der Waals surface area contributed by atoms with Crippen LogP contribution < -0.4 is 9.62 Å². The van der Waals surface area contributed by atoms with Gasteiger partial charge in [0.05, 0.1) is 4.90 Å². The predicted molar refractivity (Wildman–Crippen MR) is 93.1 cm³/mol. The number of benzene rings is 2. The van der Waals surface area contributed by atoms with E-state index >= 15 is 0 Å². The maximum Gasteiger partial charge on any atom is 0.240 e. The Morgan fingerprint density at radius 1 is 1.21 bits per heavy atom. The molecule has 6 heteroatoms. The molecule has 1 saturated heterocycles. The summed E-state index contributed by atoms with van der Waals surface area (Å²) in [7, 11) is -3.64. The zero-order valence-corrected chi connectivity index (χ0v) is 14.4. The molecule has 0 bridgehead atoms. The standard InChI is InChI=1S/C18H21FN2O2S/c1-14-12-15(19)9-10-18(14)24(22,23)20-13-17-8-5-11-21(17)16-6-3-2-4-7-16/h2-4,6-7,9-10,12,17,20H,5,8,11,13H2,1H3/t17-/m1/s1. The molecule has 1 aliphatic rings. The van der Waals surface area contributed by atoms with Gasteiger partial charge in [-0.05, 0) is 55.7 Å². The van der Waals surface area contributed by atoms with Gasteiger partial charge in [-0.3, -0.25) is 0 Å². The van der Waals surface area contributed by atoms with Crippen LogP contribution in [-0.2, 0) is 10.0 Å². The molecule has 1 atom stereocenters. The summed E-state index contributed by atoms with van der Waals surface area (Å²) in [5.74, 6) is -0.433. The first-order valence-corrected chi connectivity index (χ1v) is 9.53. The topological polar surface area (TPSA) is 49.4 Å². The van der Waals surface area contributed by atoms with Crippen molar-refractivity contribution < 1.29 is 12.8 Å². The van der Waals surface area contributed by atoms with Gasteiger partial charge < -0.3 is 4.90 Å². The molecule has 4 nitrogen and oxygen atoms in total. The average Bonchev–Trinajstić information content (AvgIpc) is 3.02. The Hall–Kier alpha value is -1.92. The maximum atomic E-state index is 13.2. The largest absolute Gasteiger partial charge is 0.367 e. The molecule has 1 N–H and O–H groups in total. The summed E-state index contributed by atoms with van der Waals surface area (Å²) in [5, 5.41) is 0. The second-order valence-electron chi connectivity index (χ2n) is 6.09. The van der Waals surface area contributed by atoms with Gasteiger partial charge in [0.25, 0.3) is 0 Å². The van der Waals surface area contributed by atoms with Crippen LogP contribution in [0.3, 0.4) is 0 Å². The van der Waals surface area contributed by atoms with Gasteiger partial charge in [0.2, 0.25) is 10.0 Å². The molecule has 0 radical (unpaired) electrons. The van der Waals surface area contributed by atoms with Crippen LogP contribution in [0.5, 0.6) is 0 Å². The fraction of sp³-hybridized carbons (Fsp3) is 0.333. The molecular formula is C18H21FN2O2S. The third kappa shape index (κ3) is 3.60. The number of anilines is 1. The molecular weight excluding hydrogens is 327 g/mol. The van der Waals surface area contributed by atoms with Crippen molar-refractivity contribution in [2.24, 2.45) is 0 Å². The molecule has 0 unspecified atom stereocenters. The van der Waals surface area contributed by atoms with E-state index in [1.807, 2.05) is 30.3 Å². The third-order valence-corrected chi connectivity index (χ3v) is 5.98. The van der Waals surface area contributed by atoms with Crippen LogP contribution in [-0.4, -0.2) is 27.5 Å². The average molecular weight is 348 g/mol. The predicted octanol–water partition coefficient (Wildman–Crippen LogP) is 3.08. The highest BCUT2D eigenvalue weighted by Crippen LogP contribution is 2.25. The van der Waals surface area contributed by atoms with Crippen molar-refractivity contribution in [2.45, 2.75) is 30.7 Å². The molecule has 1 fully saturated rings. The van der Waals surface area contributed by atoms with E-state index in [-0.39, 0.29) is 10.9 Å². The first kappa shape index (κ1) is 16.9. The molecule has 0 spiro atoms. The van der Waals surface area contributed by atoms with E-state index in [1.165, 1.54) is 18.2 Å². The number of aryl methyl sites for hydroxylation is 1. The van der Waals surface area contributed by atoms with Crippen LogP contribution in [0, 0.1) is 12.7 Å². The lowest BCUT2D eigenvalue weighted by Crippen LogP contribution is -2.40. The minimum absolute atomic E-state index is 0.128. The van der Waals surface area contributed by atoms with Gasteiger partial charge in [-0.25, -0.2) is 17.5 Å². The number of nitrogens with one attached hydrogen (secondary N) is 1. The highest BCUT2D eigenvalue weighted by molar-refractivity contribution is 7.89. The van der Waals surface area contributed by atoms with Crippen LogP contribution in [0.25, 0.3) is 0 Å². The Bertz CT molecular complexity index is 809. The van der Waals surface area contributed by atoms with Crippen molar-refractivity contribution in [1.29, 1.82) is 0 Å². The smallest absolute Gasteiger partial charge is 0.240 e. The van der Waals surface area contributed by atoms with Gasteiger partial charge in [0, 0.05) is 24.8 Å². The Kier molecular flexibility index (Phi) is 4.87. The number of halogens is 1. The van der Waals surface area contributed by atoms with Crippen LogP contribution in [0.15, 0.2) is 53.4 Å². The number of rotatable bonds is 5. The summed E-state index contributed by atoms with van der Waals surface area (Å²) >= 11 is 0. The normalized spacial score (nSPS) is 18.1. The molecule has 0 saturated carbocycles. The second kappa shape index (κ2) is 6.91. The van der Waals surface area contributed by atoms with Crippen LogP contribution >= 0.6 is 0 Å². The fourth-order valence-electron chi connectivity index (χ4n) is 3.21. The van der Waals surface area contributed by atoms with Gasteiger partial charge in [-0.1, -0.05) is 18.2 Å². The number of hydrogen-bond donors (Lipinski definition) is 1. The van der Waals surface area contributed by atoms with Crippen LogP contribution in [0.2, 0.25) is 0 Å². The maximum absolute atomic E-state index is 13.2. The van der Waals surface area contributed by atoms with Crippen molar-refractivity contribution >= 4 is 15.7 Å². The molecule has 24 heavy (non-hydrogen) atoms. The summed E-state index contributed by atoms with van der Waals surface area (Å²) in [4.78, 5) is 2.37. The SMILES string of the molecule is Cc1cc(F)ccc1S(=O)(=O)NC[C@H]1CCCN1c1ccccc1. The Balaban J connectivity index is 1.72. The van der Waals surface area contributed by atoms with E-state index in [0.717, 1.165) is 25.1 Å². The third-order valence-electron chi connectivity index (χ3n) is 4.40. The van der Waals surface area contributed by atoms with Crippen LogP contribution in [0.4, 0.5) is 10.1 Å². The minimum atomic E-state index is -3.64. The summed E-state index contributed by atoms with van der Waals surface area (Å²) in [5.41, 5.74) is 1.52. The van der Waals surface area contributed by atoms with Gasteiger partial charge in [-0.15, -0.1) is 0 Å². The van der Waals surface area contributed by atoms with Gasteiger partial charge in [-0.2, -0.15) is 0 Å². The van der Waals surface area contributed by atoms with Gasteiger partial charge in [0.15, 0.2) is 0 Å². The quantitative estimate of drug-likeness (QED) is 0.903. The number of sulfonamides is 1. The van der Waals surface area contributed by atoms with E-state index < -0.39 is 15.8 Å². The minimum Gasteiger partial charge on any atom is -0.367 e. The first-order valence-electron chi connectivity index (χ1n) is 8.05. The second-order valence-corrected chi connectivity index (χ2v) is 7.82. The fourth-order valence-corrected chi connectivity index (χ4v) is 4.50. The van der Waals surface area contributed by atoms with Crippen molar-refractivity contribution in [3.8, 4) is 0 Å². The first-order chi connectivity index (χ1) is 11.5. The monoisotopic (exact) mass is 348 g/mol. The van der Waals surface area contributed by atoms with Crippen molar-refractivity contribution in [1.82, 2.24) is 4.72 Å². The highest BCUT2D eigenvalue weighted by atomic mass is 32.2. The molecule has 3 rings (SSSR count). The summed E-state index contributed by atoms with van der Waals surface area (Å²) in [6, 6.07) is 13.9. The molecule has 0 aliphatic carbocycles. The number of hydrogen-bond acceptors (Lipinski definition) is 3. The Morgan fingerprint density at radius 3 is 2.67 bits per heavy atom. The van der Waals surface area contributed by atoms with Crippen molar-refractivity contribution in [3.05, 3.63) is 59.9 Å². The lowest BCUT2D eigenvalue weighted by molar-refractivity contribution is 0.566. The Morgan fingerprint density at radius 2 is 1.96 bits per heavy atom. The summed E-state index contributed by atoms with van der Waals surface area (Å²) < 4.78 is 40.9. The Labute approximate surface area is 142 Å². The van der Waals surface area contributed by atoms with E-state index in [9.17, 15) is 12.8 Å². The zero-order valence-electron chi connectivity index (χ0n) is 13.6. The van der Waals surface area contributed by atoms with E-state index in [2.05, 4.69) is 9.62 Å². The summed E-state index contributed by atoms with van der Waals surface area (Å²) in [6.07, 6.45) is 1.98. The van der Waals surface area contributed by atoms with E-state index in [0.29, 0.717) is 12.1 Å². The number of para-hydroxylation sites is 1. The van der Waals surface area contributed by atoms with E-state index in [4.69, 9.17) is 0 Å². The lowest BCUT2D eigenvalue weighted by Gasteiger charge is -2.27. The molecule has 0 aromatic heterocycles.